The average Bonchev–Trinajstić information content (AvgIpc) is 2.80. The number of oxazole rings is 1. The van der Waals surface area contributed by atoms with Crippen LogP contribution in [0, 0.1) is 0 Å². The fourth-order valence-electron chi connectivity index (χ4n) is 2.00. The Morgan fingerprint density at radius 3 is 2.82 bits per heavy atom. The third-order valence-electron chi connectivity index (χ3n) is 3.19. The van der Waals surface area contributed by atoms with Crippen LogP contribution < -0.4 is 11.1 Å². The molecule has 0 aliphatic carbocycles. The van der Waals surface area contributed by atoms with Gasteiger partial charge in [0.25, 0.3) is 0 Å². The molecule has 0 atom stereocenters. The number of hydrogen-bond acceptors (Lipinski definition) is 4. The van der Waals surface area contributed by atoms with Crippen LogP contribution in [0.1, 0.15) is 6.42 Å². The molecule has 8 heteroatoms. The first-order valence-corrected chi connectivity index (χ1v) is 6.78. The van der Waals surface area contributed by atoms with E-state index < -0.39 is 11.7 Å². The lowest BCUT2D eigenvalue weighted by Crippen LogP contribution is -2.40. The number of carbonyl (C=O) groups excluding carboxylic acids is 1. The number of urea groups is 1. The molecule has 2 rings (SSSR count). The van der Waals surface area contributed by atoms with Crippen molar-refractivity contribution >= 4 is 23.1 Å². The van der Waals surface area contributed by atoms with Crippen molar-refractivity contribution in [2.75, 3.05) is 20.1 Å². The minimum Gasteiger partial charge on any atom is -0.481 e. The number of nitrogens with one attached hydrogen (secondary N) is 1. The largest absolute Gasteiger partial charge is 0.481 e. The molecule has 0 aliphatic rings. The molecule has 8 nitrogen and oxygen atoms in total. The van der Waals surface area contributed by atoms with Gasteiger partial charge in [0.1, 0.15) is 0 Å². The third kappa shape index (κ3) is 3.66. The number of fused-ring (bicyclic) bond motifs is 1. The van der Waals surface area contributed by atoms with Gasteiger partial charge < -0.3 is 19.7 Å². The third-order valence-corrected chi connectivity index (χ3v) is 3.19. The maximum absolute atomic E-state index is 11.7. The summed E-state index contributed by atoms with van der Waals surface area (Å²) in [5.41, 5.74) is 1.17. The van der Waals surface area contributed by atoms with E-state index in [1.807, 2.05) is 0 Å². The molecule has 2 amide bonds. The predicted molar refractivity (Wildman–Crippen MR) is 78.8 cm³/mol. The number of amides is 2. The van der Waals surface area contributed by atoms with E-state index in [1.165, 1.54) is 16.5 Å². The monoisotopic (exact) mass is 307 g/mol. The van der Waals surface area contributed by atoms with Crippen molar-refractivity contribution in [2.45, 2.75) is 13.0 Å². The number of nitrogens with zero attached hydrogens (tertiary/aromatic N) is 2. The molecular weight excluding hydrogens is 290 g/mol. The van der Waals surface area contributed by atoms with E-state index in [1.54, 1.807) is 24.3 Å². The summed E-state index contributed by atoms with van der Waals surface area (Å²) >= 11 is 0. The van der Waals surface area contributed by atoms with Gasteiger partial charge >= 0.3 is 17.8 Å². The van der Waals surface area contributed by atoms with Gasteiger partial charge in [-0.1, -0.05) is 12.1 Å². The Kier molecular flexibility index (Phi) is 4.82. The second kappa shape index (κ2) is 6.79. The van der Waals surface area contributed by atoms with Crippen molar-refractivity contribution in [1.29, 1.82) is 0 Å². The van der Waals surface area contributed by atoms with Crippen LogP contribution in [0.2, 0.25) is 0 Å². The number of aromatic nitrogens is 1. The first-order valence-electron chi connectivity index (χ1n) is 6.78. The van der Waals surface area contributed by atoms with Crippen LogP contribution in [0.3, 0.4) is 0 Å². The summed E-state index contributed by atoms with van der Waals surface area (Å²) in [6.07, 6.45) is -0.115. The summed E-state index contributed by atoms with van der Waals surface area (Å²) in [5.74, 6) is -1.44. The van der Waals surface area contributed by atoms with E-state index >= 15 is 0 Å². The fourth-order valence-corrected chi connectivity index (χ4v) is 2.00. The maximum atomic E-state index is 11.7. The molecule has 0 aliphatic heterocycles. The van der Waals surface area contributed by atoms with Gasteiger partial charge in [0.15, 0.2) is 5.58 Å². The van der Waals surface area contributed by atoms with E-state index in [0.717, 1.165) is 0 Å². The fraction of sp³-hybridized carbons (Fsp3) is 0.357. The highest BCUT2D eigenvalue weighted by molar-refractivity contribution is 5.75. The van der Waals surface area contributed by atoms with E-state index in [0.29, 0.717) is 11.1 Å². The van der Waals surface area contributed by atoms with Crippen molar-refractivity contribution in [3.63, 3.8) is 0 Å². The van der Waals surface area contributed by atoms with Crippen LogP contribution in [0.5, 0.6) is 0 Å². The summed E-state index contributed by atoms with van der Waals surface area (Å²) in [6.45, 7) is 0.629. The summed E-state index contributed by atoms with van der Waals surface area (Å²) in [6, 6.07) is 6.65. The lowest BCUT2D eigenvalue weighted by Gasteiger charge is -2.16. The van der Waals surface area contributed by atoms with Gasteiger partial charge in [-0.2, -0.15) is 0 Å². The van der Waals surface area contributed by atoms with Gasteiger partial charge in [-0.15, -0.1) is 0 Å². The van der Waals surface area contributed by atoms with Gasteiger partial charge in [0.2, 0.25) is 0 Å². The number of carboxylic acid groups (broad SMARTS) is 1. The number of hydrogen-bond donors (Lipinski definition) is 2. The van der Waals surface area contributed by atoms with Crippen molar-refractivity contribution < 1.29 is 19.1 Å². The second-order valence-electron chi connectivity index (χ2n) is 4.78. The first kappa shape index (κ1) is 15.6. The van der Waals surface area contributed by atoms with Crippen LogP contribution in [-0.2, 0) is 11.3 Å². The van der Waals surface area contributed by atoms with Crippen molar-refractivity contribution in [3.05, 3.63) is 34.8 Å². The Labute approximate surface area is 125 Å². The van der Waals surface area contributed by atoms with E-state index in [2.05, 4.69) is 5.32 Å². The Bertz CT molecular complexity index is 733. The molecular formula is C14H17N3O5. The molecule has 0 radical (unpaired) electrons. The zero-order valence-electron chi connectivity index (χ0n) is 12.1. The second-order valence-corrected chi connectivity index (χ2v) is 4.78. The highest BCUT2D eigenvalue weighted by atomic mass is 16.4. The normalized spacial score (nSPS) is 10.6. The summed E-state index contributed by atoms with van der Waals surface area (Å²) in [7, 11) is 1.51. The molecule has 1 aromatic heterocycles. The predicted octanol–water partition coefficient (Wildman–Crippen LogP) is 0.711. The molecule has 0 spiro atoms. The summed E-state index contributed by atoms with van der Waals surface area (Å²) < 4.78 is 6.53. The van der Waals surface area contributed by atoms with E-state index in [9.17, 15) is 14.4 Å². The molecule has 2 aromatic rings. The Morgan fingerprint density at radius 1 is 1.36 bits per heavy atom. The number of carboxylic acids is 1. The van der Waals surface area contributed by atoms with Gasteiger partial charge in [0, 0.05) is 26.7 Å². The molecule has 2 N–H and O–H groups in total. The van der Waals surface area contributed by atoms with E-state index in [-0.39, 0.29) is 32.1 Å². The smallest absolute Gasteiger partial charge is 0.420 e. The Hall–Kier alpha value is -2.77. The Balaban J connectivity index is 1.90. The number of aliphatic carboxylic acids is 1. The standard InChI is InChI=1S/C14H17N3O5/c1-16(8-6-12(18)19)13(20)15-7-9-17-10-4-2-3-5-11(10)22-14(17)21/h2-5H,6-9H2,1H3,(H,15,20)(H,18,19). The van der Waals surface area contributed by atoms with Crippen LogP contribution >= 0.6 is 0 Å². The van der Waals surface area contributed by atoms with Gasteiger partial charge in [0.05, 0.1) is 11.9 Å². The zero-order chi connectivity index (χ0) is 16.1. The molecule has 1 aromatic carbocycles. The maximum Gasteiger partial charge on any atom is 0.420 e. The van der Waals surface area contributed by atoms with Crippen LogP contribution in [0.4, 0.5) is 4.79 Å². The molecule has 0 unspecified atom stereocenters. The van der Waals surface area contributed by atoms with Crippen molar-refractivity contribution in [2.24, 2.45) is 0 Å². The molecule has 0 saturated heterocycles. The quantitative estimate of drug-likeness (QED) is 0.818. The van der Waals surface area contributed by atoms with Crippen molar-refractivity contribution in [1.82, 2.24) is 14.8 Å². The SMILES string of the molecule is CN(CCC(=O)O)C(=O)NCCn1c(=O)oc2ccccc21. The summed E-state index contributed by atoms with van der Waals surface area (Å²) in [4.78, 5) is 35.2. The van der Waals surface area contributed by atoms with Crippen molar-refractivity contribution in [3.8, 4) is 0 Å². The molecule has 0 saturated carbocycles. The molecule has 118 valence electrons. The number of para-hydroxylation sites is 2. The van der Waals surface area contributed by atoms with E-state index in [4.69, 9.17) is 9.52 Å². The van der Waals surface area contributed by atoms with Gasteiger partial charge in [-0.25, -0.2) is 9.59 Å². The minimum absolute atomic E-state index is 0.115. The van der Waals surface area contributed by atoms with Gasteiger partial charge in [-0.3, -0.25) is 9.36 Å². The highest BCUT2D eigenvalue weighted by Gasteiger charge is 2.11. The Morgan fingerprint density at radius 2 is 2.09 bits per heavy atom. The highest BCUT2D eigenvalue weighted by Crippen LogP contribution is 2.10. The molecule has 0 bridgehead atoms. The first-order chi connectivity index (χ1) is 10.5. The lowest BCUT2D eigenvalue weighted by atomic mass is 10.3. The topological polar surface area (TPSA) is 105 Å². The lowest BCUT2D eigenvalue weighted by molar-refractivity contribution is -0.137. The minimum atomic E-state index is -0.962. The zero-order valence-corrected chi connectivity index (χ0v) is 12.1. The number of rotatable bonds is 6. The summed E-state index contributed by atoms with van der Waals surface area (Å²) in [5, 5.41) is 11.2. The van der Waals surface area contributed by atoms with Crippen LogP contribution in [0.25, 0.3) is 11.1 Å². The molecule has 1 heterocycles. The van der Waals surface area contributed by atoms with Crippen LogP contribution in [-0.4, -0.2) is 46.7 Å². The number of benzene rings is 1. The van der Waals surface area contributed by atoms with Crippen LogP contribution in [0.15, 0.2) is 33.5 Å². The molecule has 0 fully saturated rings. The average molecular weight is 307 g/mol. The molecule has 22 heavy (non-hydrogen) atoms. The number of carbonyl (C=O) groups is 2. The van der Waals surface area contributed by atoms with Gasteiger partial charge in [-0.05, 0) is 12.1 Å².